The predicted octanol–water partition coefficient (Wildman–Crippen LogP) is 5.81. The molecule has 1 N–H and O–H groups in total. The molecule has 1 amide bonds. The first kappa shape index (κ1) is 15.7. The molecule has 3 nitrogen and oxygen atoms in total. The average Bonchev–Trinajstić information content (AvgIpc) is 3.02. The van der Waals surface area contributed by atoms with Gasteiger partial charge >= 0.3 is 0 Å². The molecule has 0 aliphatic rings. The number of hydrogen-bond acceptors (Lipinski definition) is 2. The molecule has 0 saturated carbocycles. The van der Waals surface area contributed by atoms with Crippen LogP contribution in [0.3, 0.4) is 0 Å². The molecule has 0 aliphatic carbocycles. The molecular formula is C18H13Cl2NO2. The zero-order valence-corrected chi connectivity index (χ0v) is 13.8. The summed E-state index contributed by atoms with van der Waals surface area (Å²) < 4.78 is 5.67. The van der Waals surface area contributed by atoms with Gasteiger partial charge < -0.3 is 9.73 Å². The van der Waals surface area contributed by atoms with Crippen molar-refractivity contribution in [3.63, 3.8) is 0 Å². The van der Waals surface area contributed by atoms with Crippen molar-refractivity contribution in [2.24, 2.45) is 0 Å². The van der Waals surface area contributed by atoms with Gasteiger partial charge in [0, 0.05) is 21.3 Å². The second kappa shape index (κ2) is 6.49. The van der Waals surface area contributed by atoms with Gasteiger partial charge in [-0.05, 0) is 55.0 Å². The number of benzene rings is 2. The summed E-state index contributed by atoms with van der Waals surface area (Å²) in [5.74, 6) is 0.513. The average molecular weight is 346 g/mol. The van der Waals surface area contributed by atoms with E-state index in [-0.39, 0.29) is 11.7 Å². The molecule has 0 spiro atoms. The third-order valence-corrected chi connectivity index (χ3v) is 4.13. The van der Waals surface area contributed by atoms with Crippen LogP contribution in [-0.4, -0.2) is 5.91 Å². The molecule has 3 aromatic rings. The van der Waals surface area contributed by atoms with Crippen LogP contribution in [0, 0.1) is 6.92 Å². The Morgan fingerprint density at radius 2 is 1.74 bits per heavy atom. The zero-order valence-electron chi connectivity index (χ0n) is 12.3. The van der Waals surface area contributed by atoms with E-state index in [2.05, 4.69) is 5.32 Å². The largest absolute Gasteiger partial charge is 0.451 e. The van der Waals surface area contributed by atoms with Crippen LogP contribution in [-0.2, 0) is 0 Å². The second-order valence-electron chi connectivity index (χ2n) is 5.04. The fraction of sp³-hybridized carbons (Fsp3) is 0.0556. The smallest absolute Gasteiger partial charge is 0.291 e. The number of amides is 1. The van der Waals surface area contributed by atoms with E-state index in [1.54, 1.807) is 36.4 Å². The Bertz CT molecular complexity index is 854. The topological polar surface area (TPSA) is 42.2 Å². The minimum Gasteiger partial charge on any atom is -0.451 e. The van der Waals surface area contributed by atoms with Crippen molar-refractivity contribution in [2.75, 3.05) is 5.32 Å². The minimum absolute atomic E-state index is 0.231. The van der Waals surface area contributed by atoms with Crippen LogP contribution < -0.4 is 5.32 Å². The number of anilines is 1. The van der Waals surface area contributed by atoms with Gasteiger partial charge in [0.2, 0.25) is 0 Å². The first-order valence-corrected chi connectivity index (χ1v) is 7.72. The maximum atomic E-state index is 12.2. The van der Waals surface area contributed by atoms with Crippen molar-refractivity contribution in [1.82, 2.24) is 0 Å². The van der Waals surface area contributed by atoms with Gasteiger partial charge in [-0.15, -0.1) is 0 Å². The first-order chi connectivity index (χ1) is 11.0. The van der Waals surface area contributed by atoms with Crippen LogP contribution in [0.15, 0.2) is 59.0 Å². The van der Waals surface area contributed by atoms with Crippen LogP contribution in [0.4, 0.5) is 5.69 Å². The van der Waals surface area contributed by atoms with Crippen molar-refractivity contribution in [3.05, 3.63) is 76.0 Å². The van der Waals surface area contributed by atoms with E-state index in [4.69, 9.17) is 27.6 Å². The summed E-state index contributed by atoms with van der Waals surface area (Å²) in [5.41, 5.74) is 2.42. The summed E-state index contributed by atoms with van der Waals surface area (Å²) in [6.07, 6.45) is 0. The molecule has 0 saturated heterocycles. The van der Waals surface area contributed by atoms with Gasteiger partial charge in [0.1, 0.15) is 5.76 Å². The lowest BCUT2D eigenvalue weighted by atomic mass is 10.1. The van der Waals surface area contributed by atoms with E-state index in [1.807, 2.05) is 25.1 Å². The van der Waals surface area contributed by atoms with Crippen LogP contribution in [0.25, 0.3) is 11.3 Å². The fourth-order valence-corrected chi connectivity index (χ4v) is 2.51. The second-order valence-corrected chi connectivity index (χ2v) is 5.88. The lowest BCUT2D eigenvalue weighted by Crippen LogP contribution is -2.10. The van der Waals surface area contributed by atoms with Gasteiger partial charge in [0.15, 0.2) is 5.76 Å². The number of furan rings is 1. The van der Waals surface area contributed by atoms with E-state index >= 15 is 0 Å². The summed E-state index contributed by atoms with van der Waals surface area (Å²) in [6, 6.07) is 15.8. The standard InChI is InChI=1S/C18H13Cl2NO2/c1-11-14(3-2-4-15(11)20)16-9-10-17(23-16)18(22)21-13-7-5-12(19)6-8-13/h2-10H,1H3,(H,21,22). The third kappa shape index (κ3) is 3.41. The first-order valence-electron chi connectivity index (χ1n) is 6.97. The van der Waals surface area contributed by atoms with Gasteiger partial charge in [-0.25, -0.2) is 0 Å². The molecule has 0 fully saturated rings. The summed E-state index contributed by atoms with van der Waals surface area (Å²) in [4.78, 5) is 12.2. The highest BCUT2D eigenvalue weighted by Gasteiger charge is 2.14. The Morgan fingerprint density at radius 3 is 2.48 bits per heavy atom. The molecule has 0 unspecified atom stereocenters. The van der Waals surface area contributed by atoms with Crippen molar-refractivity contribution < 1.29 is 9.21 Å². The van der Waals surface area contributed by atoms with Crippen LogP contribution in [0.1, 0.15) is 16.1 Å². The lowest BCUT2D eigenvalue weighted by molar-refractivity contribution is 0.0997. The quantitative estimate of drug-likeness (QED) is 0.650. The molecule has 3 rings (SSSR count). The van der Waals surface area contributed by atoms with Crippen LogP contribution >= 0.6 is 23.2 Å². The Labute approximate surface area is 143 Å². The molecule has 1 aromatic heterocycles. The van der Waals surface area contributed by atoms with E-state index in [0.717, 1.165) is 11.1 Å². The number of hydrogen-bond donors (Lipinski definition) is 1. The molecule has 0 atom stereocenters. The summed E-state index contributed by atoms with van der Waals surface area (Å²) >= 11 is 11.9. The van der Waals surface area contributed by atoms with Crippen LogP contribution in [0.5, 0.6) is 0 Å². The van der Waals surface area contributed by atoms with Crippen molar-refractivity contribution in [2.45, 2.75) is 6.92 Å². The van der Waals surface area contributed by atoms with E-state index in [1.165, 1.54) is 0 Å². The molecule has 5 heteroatoms. The Kier molecular flexibility index (Phi) is 4.42. The highest BCUT2D eigenvalue weighted by molar-refractivity contribution is 6.31. The normalized spacial score (nSPS) is 10.6. The Balaban J connectivity index is 1.82. The number of rotatable bonds is 3. The lowest BCUT2D eigenvalue weighted by Gasteiger charge is -2.05. The highest BCUT2D eigenvalue weighted by atomic mass is 35.5. The number of carbonyl (C=O) groups is 1. The van der Waals surface area contributed by atoms with Crippen LogP contribution in [0.2, 0.25) is 10.0 Å². The van der Waals surface area contributed by atoms with Crippen molar-refractivity contribution in [1.29, 1.82) is 0 Å². The SMILES string of the molecule is Cc1c(Cl)cccc1-c1ccc(C(=O)Nc2ccc(Cl)cc2)o1. The summed E-state index contributed by atoms with van der Waals surface area (Å²) in [7, 11) is 0. The Hall–Kier alpha value is -2.23. The molecule has 2 aromatic carbocycles. The molecule has 1 heterocycles. The van der Waals surface area contributed by atoms with Gasteiger partial charge in [-0.2, -0.15) is 0 Å². The van der Waals surface area contributed by atoms with Gasteiger partial charge in [-0.1, -0.05) is 35.3 Å². The summed E-state index contributed by atoms with van der Waals surface area (Å²) in [6.45, 7) is 1.91. The predicted molar refractivity (Wildman–Crippen MR) is 93.3 cm³/mol. The van der Waals surface area contributed by atoms with Crippen molar-refractivity contribution >= 4 is 34.8 Å². The highest BCUT2D eigenvalue weighted by Crippen LogP contribution is 2.30. The number of nitrogens with one attached hydrogen (secondary N) is 1. The van der Waals surface area contributed by atoms with E-state index in [0.29, 0.717) is 21.5 Å². The molecular weight excluding hydrogens is 333 g/mol. The monoisotopic (exact) mass is 345 g/mol. The fourth-order valence-electron chi connectivity index (χ4n) is 2.20. The maximum absolute atomic E-state index is 12.2. The Morgan fingerprint density at radius 1 is 1.00 bits per heavy atom. The molecule has 116 valence electrons. The molecule has 0 radical (unpaired) electrons. The number of halogens is 2. The summed E-state index contributed by atoms with van der Waals surface area (Å²) in [5, 5.41) is 4.03. The van der Waals surface area contributed by atoms with Gasteiger partial charge in [0.05, 0.1) is 0 Å². The zero-order chi connectivity index (χ0) is 16.4. The van der Waals surface area contributed by atoms with Crippen molar-refractivity contribution in [3.8, 4) is 11.3 Å². The maximum Gasteiger partial charge on any atom is 0.291 e. The minimum atomic E-state index is -0.321. The molecule has 0 aliphatic heterocycles. The molecule has 23 heavy (non-hydrogen) atoms. The van der Waals surface area contributed by atoms with Gasteiger partial charge in [-0.3, -0.25) is 4.79 Å². The number of carbonyl (C=O) groups excluding carboxylic acids is 1. The molecule has 0 bridgehead atoms. The van der Waals surface area contributed by atoms with E-state index in [9.17, 15) is 4.79 Å². The van der Waals surface area contributed by atoms with Gasteiger partial charge in [0.25, 0.3) is 5.91 Å². The van der Waals surface area contributed by atoms with E-state index < -0.39 is 0 Å². The third-order valence-electron chi connectivity index (χ3n) is 3.47.